The SMILES string of the molecule is c1ccc2c(c1)C[C@H]1CCCC[C@@H]1CS2. The second-order valence-corrected chi connectivity index (χ2v) is 5.99. The smallest absolute Gasteiger partial charge is 0.0104 e. The Morgan fingerprint density at radius 1 is 1.00 bits per heavy atom. The molecule has 1 heterocycles. The summed E-state index contributed by atoms with van der Waals surface area (Å²) < 4.78 is 0. The third-order valence-corrected chi connectivity index (χ3v) is 5.28. The van der Waals surface area contributed by atoms with E-state index in [9.17, 15) is 0 Å². The van der Waals surface area contributed by atoms with Crippen molar-refractivity contribution >= 4 is 11.8 Å². The first kappa shape index (κ1) is 9.77. The summed E-state index contributed by atoms with van der Waals surface area (Å²) in [6, 6.07) is 9.01. The summed E-state index contributed by atoms with van der Waals surface area (Å²) in [6.07, 6.45) is 7.23. The van der Waals surface area contributed by atoms with Crippen LogP contribution in [0.1, 0.15) is 31.2 Å². The minimum absolute atomic E-state index is 0.981. The zero-order valence-corrected chi connectivity index (χ0v) is 9.93. The second-order valence-electron chi connectivity index (χ2n) is 4.93. The van der Waals surface area contributed by atoms with Gasteiger partial charge in [-0.3, -0.25) is 0 Å². The predicted molar refractivity (Wildman–Crippen MR) is 66.3 cm³/mol. The monoisotopic (exact) mass is 218 g/mol. The Labute approximate surface area is 96.5 Å². The minimum Gasteiger partial charge on any atom is -0.126 e. The molecule has 1 aliphatic heterocycles. The van der Waals surface area contributed by atoms with Gasteiger partial charge in [-0.05, 0) is 42.7 Å². The largest absolute Gasteiger partial charge is 0.126 e. The summed E-state index contributed by atoms with van der Waals surface area (Å²) in [5.41, 5.74) is 1.61. The molecule has 0 saturated heterocycles. The van der Waals surface area contributed by atoms with Crippen LogP contribution in [-0.2, 0) is 6.42 Å². The summed E-state index contributed by atoms with van der Waals surface area (Å²) in [4.78, 5) is 1.55. The molecular weight excluding hydrogens is 200 g/mol. The number of benzene rings is 1. The molecule has 0 bridgehead atoms. The number of rotatable bonds is 0. The van der Waals surface area contributed by atoms with E-state index in [1.165, 1.54) is 37.9 Å². The molecule has 80 valence electrons. The van der Waals surface area contributed by atoms with E-state index < -0.39 is 0 Å². The van der Waals surface area contributed by atoms with E-state index in [4.69, 9.17) is 0 Å². The molecular formula is C14H18S. The Balaban J connectivity index is 1.88. The standard InChI is InChI=1S/C14H18S/c1-2-7-13-10-15-14-8-4-3-6-12(14)9-11(13)5-1/h3-4,6,8,11,13H,1-2,5,7,9-10H2/t11-,13-/m1/s1. The van der Waals surface area contributed by atoms with Gasteiger partial charge in [-0.1, -0.05) is 31.0 Å². The lowest BCUT2D eigenvalue weighted by atomic mass is 9.77. The van der Waals surface area contributed by atoms with Crippen LogP contribution in [0.15, 0.2) is 29.2 Å². The molecule has 0 N–H and O–H groups in total. The van der Waals surface area contributed by atoms with Gasteiger partial charge in [0.1, 0.15) is 0 Å². The van der Waals surface area contributed by atoms with Crippen LogP contribution in [0.3, 0.4) is 0 Å². The van der Waals surface area contributed by atoms with Crippen LogP contribution in [0.25, 0.3) is 0 Å². The molecule has 1 aliphatic carbocycles. The van der Waals surface area contributed by atoms with Crippen molar-refractivity contribution in [3.05, 3.63) is 29.8 Å². The number of thioether (sulfide) groups is 1. The maximum Gasteiger partial charge on any atom is 0.0104 e. The molecule has 15 heavy (non-hydrogen) atoms. The van der Waals surface area contributed by atoms with Crippen molar-refractivity contribution in [2.75, 3.05) is 5.75 Å². The molecule has 0 aromatic heterocycles. The molecule has 1 fully saturated rings. The fourth-order valence-corrected chi connectivity index (χ4v) is 4.41. The van der Waals surface area contributed by atoms with Gasteiger partial charge in [-0.2, -0.15) is 0 Å². The lowest BCUT2D eigenvalue weighted by Crippen LogP contribution is -2.21. The van der Waals surface area contributed by atoms with Gasteiger partial charge in [-0.15, -0.1) is 11.8 Å². The molecule has 1 aromatic rings. The highest BCUT2D eigenvalue weighted by molar-refractivity contribution is 7.99. The Hall–Kier alpha value is -0.430. The molecule has 0 radical (unpaired) electrons. The Bertz CT molecular complexity index is 345. The van der Waals surface area contributed by atoms with Gasteiger partial charge in [0.25, 0.3) is 0 Å². The van der Waals surface area contributed by atoms with Crippen molar-refractivity contribution in [1.82, 2.24) is 0 Å². The zero-order chi connectivity index (χ0) is 10.1. The van der Waals surface area contributed by atoms with Crippen molar-refractivity contribution in [3.63, 3.8) is 0 Å². The number of fused-ring (bicyclic) bond motifs is 2. The van der Waals surface area contributed by atoms with E-state index in [0.29, 0.717) is 0 Å². The highest BCUT2D eigenvalue weighted by Gasteiger charge is 2.28. The first-order chi connectivity index (χ1) is 7.43. The van der Waals surface area contributed by atoms with Crippen molar-refractivity contribution in [3.8, 4) is 0 Å². The number of hydrogen-bond donors (Lipinski definition) is 0. The van der Waals surface area contributed by atoms with Gasteiger partial charge in [0, 0.05) is 10.6 Å². The van der Waals surface area contributed by atoms with Crippen LogP contribution < -0.4 is 0 Å². The topological polar surface area (TPSA) is 0 Å². The van der Waals surface area contributed by atoms with Gasteiger partial charge >= 0.3 is 0 Å². The van der Waals surface area contributed by atoms with Crippen LogP contribution in [0.2, 0.25) is 0 Å². The van der Waals surface area contributed by atoms with Gasteiger partial charge in [0.2, 0.25) is 0 Å². The van der Waals surface area contributed by atoms with Crippen LogP contribution in [-0.4, -0.2) is 5.75 Å². The van der Waals surface area contributed by atoms with Crippen LogP contribution in [0.4, 0.5) is 0 Å². The van der Waals surface area contributed by atoms with E-state index in [0.717, 1.165) is 11.8 Å². The van der Waals surface area contributed by atoms with Gasteiger partial charge in [0.05, 0.1) is 0 Å². The first-order valence-electron chi connectivity index (χ1n) is 6.14. The molecule has 0 amide bonds. The summed E-state index contributed by atoms with van der Waals surface area (Å²) in [5, 5.41) is 0. The average Bonchev–Trinajstić information content (AvgIpc) is 2.48. The van der Waals surface area contributed by atoms with Crippen molar-refractivity contribution in [2.45, 2.75) is 37.0 Å². The minimum atomic E-state index is 0.981. The molecule has 0 spiro atoms. The maximum absolute atomic E-state index is 2.33. The number of hydrogen-bond acceptors (Lipinski definition) is 1. The third kappa shape index (κ3) is 1.94. The van der Waals surface area contributed by atoms with E-state index in [2.05, 4.69) is 36.0 Å². The summed E-state index contributed by atoms with van der Waals surface area (Å²) in [6.45, 7) is 0. The lowest BCUT2D eigenvalue weighted by Gasteiger charge is -2.29. The van der Waals surface area contributed by atoms with E-state index in [1.807, 2.05) is 0 Å². The first-order valence-corrected chi connectivity index (χ1v) is 7.13. The molecule has 3 rings (SSSR count). The summed E-state index contributed by atoms with van der Waals surface area (Å²) >= 11 is 2.10. The quantitative estimate of drug-likeness (QED) is 0.630. The average molecular weight is 218 g/mol. The van der Waals surface area contributed by atoms with Crippen LogP contribution in [0.5, 0.6) is 0 Å². The van der Waals surface area contributed by atoms with E-state index >= 15 is 0 Å². The predicted octanol–water partition coefficient (Wildman–Crippen LogP) is 4.14. The molecule has 1 heteroatoms. The fourth-order valence-electron chi connectivity index (χ4n) is 3.07. The molecule has 2 aliphatic rings. The van der Waals surface area contributed by atoms with Gasteiger partial charge in [0.15, 0.2) is 0 Å². The molecule has 1 saturated carbocycles. The molecule has 0 unspecified atom stereocenters. The Kier molecular flexibility index (Phi) is 2.74. The highest BCUT2D eigenvalue weighted by Crippen LogP contribution is 2.41. The maximum atomic E-state index is 2.33. The molecule has 1 aromatic carbocycles. The zero-order valence-electron chi connectivity index (χ0n) is 9.11. The Morgan fingerprint density at radius 2 is 1.80 bits per heavy atom. The van der Waals surface area contributed by atoms with Crippen molar-refractivity contribution < 1.29 is 0 Å². The summed E-state index contributed by atoms with van der Waals surface area (Å²) in [5.74, 6) is 3.34. The fraction of sp³-hybridized carbons (Fsp3) is 0.571. The van der Waals surface area contributed by atoms with E-state index in [1.54, 1.807) is 10.5 Å². The second kappa shape index (κ2) is 4.21. The van der Waals surface area contributed by atoms with Crippen molar-refractivity contribution in [2.24, 2.45) is 11.8 Å². The normalized spacial score (nSPS) is 30.1. The third-order valence-electron chi connectivity index (χ3n) is 3.97. The molecule has 0 nitrogen and oxygen atoms in total. The van der Waals surface area contributed by atoms with E-state index in [-0.39, 0.29) is 0 Å². The van der Waals surface area contributed by atoms with Crippen molar-refractivity contribution in [1.29, 1.82) is 0 Å². The van der Waals surface area contributed by atoms with Gasteiger partial charge < -0.3 is 0 Å². The lowest BCUT2D eigenvalue weighted by molar-refractivity contribution is 0.260. The van der Waals surface area contributed by atoms with Crippen LogP contribution >= 0.6 is 11.8 Å². The molecule has 2 atom stereocenters. The van der Waals surface area contributed by atoms with Crippen LogP contribution in [0, 0.1) is 11.8 Å². The summed E-state index contributed by atoms with van der Waals surface area (Å²) in [7, 11) is 0. The highest BCUT2D eigenvalue weighted by atomic mass is 32.2. The Morgan fingerprint density at radius 3 is 2.73 bits per heavy atom. The van der Waals surface area contributed by atoms with Gasteiger partial charge in [-0.25, -0.2) is 0 Å².